The molecule has 0 bridgehead atoms. The van der Waals surface area contributed by atoms with Gasteiger partial charge in [-0.25, -0.2) is 0 Å². The summed E-state index contributed by atoms with van der Waals surface area (Å²) in [4.78, 5) is 25.1. The number of benzene rings is 1. The van der Waals surface area contributed by atoms with Gasteiger partial charge in [0.05, 0.1) is 0 Å². The Bertz CT molecular complexity index is 971. The van der Waals surface area contributed by atoms with Gasteiger partial charge in [0.15, 0.2) is 0 Å². The lowest BCUT2D eigenvalue weighted by atomic mass is 10.0. The number of aliphatic hydroxyl groups excluding tert-OH is 2. The van der Waals surface area contributed by atoms with Gasteiger partial charge in [0, 0.05) is 13.1 Å². The topological polar surface area (TPSA) is 98.7 Å². The van der Waals surface area contributed by atoms with E-state index in [4.69, 9.17) is 0 Å². The van der Waals surface area contributed by atoms with E-state index in [1.165, 1.54) is 205 Å². The number of unbranched alkanes of at least 4 members (excludes halogenated alkanes) is 34. The normalized spacial score (nSPS) is 12.5. The van der Waals surface area contributed by atoms with Crippen LogP contribution in [0.2, 0.25) is 0 Å². The molecule has 0 heterocycles. The molecular weight excluding hydrogens is 717 g/mol. The monoisotopic (exact) mass is 813 g/mol. The highest BCUT2D eigenvalue weighted by Gasteiger charge is 2.15. The number of carbonyl (C=O) groups is 2. The van der Waals surface area contributed by atoms with Gasteiger partial charge in [0.1, 0.15) is 12.2 Å². The third-order valence-electron chi connectivity index (χ3n) is 12.2. The van der Waals surface area contributed by atoms with E-state index >= 15 is 0 Å². The molecule has 0 spiro atoms. The highest BCUT2D eigenvalue weighted by atomic mass is 16.3. The molecule has 1 aromatic rings. The Morgan fingerprint density at radius 2 is 0.621 bits per heavy atom. The summed E-state index contributed by atoms with van der Waals surface area (Å²) in [5, 5.41) is 26.5. The van der Waals surface area contributed by atoms with Crippen LogP contribution < -0.4 is 10.6 Å². The zero-order valence-corrected chi connectivity index (χ0v) is 38.5. The van der Waals surface area contributed by atoms with Gasteiger partial charge in [-0.2, -0.15) is 0 Å². The number of carbonyl (C=O) groups excluding carboxylic acids is 2. The number of aliphatic hydroxyl groups is 2. The predicted octanol–water partition coefficient (Wildman–Crippen LogP) is 14.5. The summed E-state index contributed by atoms with van der Waals surface area (Å²) in [6.07, 6.45) is 46.6. The number of nitrogens with one attached hydrogen (secondary N) is 2. The van der Waals surface area contributed by atoms with Gasteiger partial charge in [-0.3, -0.25) is 9.59 Å². The molecule has 0 saturated carbocycles. The zero-order chi connectivity index (χ0) is 42.0. The van der Waals surface area contributed by atoms with Gasteiger partial charge < -0.3 is 20.8 Å². The fraction of sp³-hybridized carbons (Fsp3) is 0.846. The Labute approximate surface area is 359 Å². The molecule has 1 aromatic carbocycles. The van der Waals surface area contributed by atoms with E-state index < -0.39 is 12.2 Å². The second kappa shape index (κ2) is 41.8. The van der Waals surface area contributed by atoms with E-state index in [1.54, 1.807) is 0 Å². The Hall–Kier alpha value is -1.92. The largest absolute Gasteiger partial charge is 0.383 e. The van der Waals surface area contributed by atoms with Crippen molar-refractivity contribution in [3.63, 3.8) is 0 Å². The van der Waals surface area contributed by atoms with Crippen LogP contribution in [0.25, 0.3) is 0 Å². The van der Waals surface area contributed by atoms with Crippen LogP contribution in [0.5, 0.6) is 0 Å². The summed E-state index contributed by atoms with van der Waals surface area (Å²) >= 11 is 0. The van der Waals surface area contributed by atoms with E-state index in [2.05, 4.69) is 24.5 Å². The van der Waals surface area contributed by atoms with Gasteiger partial charge in [-0.1, -0.05) is 269 Å². The molecule has 4 N–H and O–H groups in total. The minimum absolute atomic E-state index is 0.326. The maximum absolute atomic E-state index is 12.5. The molecule has 2 atom stereocenters. The van der Waals surface area contributed by atoms with Gasteiger partial charge in [-0.15, -0.1) is 0 Å². The quantitative estimate of drug-likeness (QED) is 0.0493. The maximum atomic E-state index is 12.5. The van der Waals surface area contributed by atoms with Crippen molar-refractivity contribution in [1.29, 1.82) is 0 Å². The number of amides is 2. The lowest BCUT2D eigenvalue weighted by Gasteiger charge is -2.13. The molecule has 338 valence electrons. The Morgan fingerprint density at radius 3 is 0.862 bits per heavy atom. The molecule has 6 nitrogen and oxygen atoms in total. The van der Waals surface area contributed by atoms with Crippen LogP contribution in [-0.4, -0.2) is 34.2 Å². The first-order valence-electron chi connectivity index (χ1n) is 25.5. The number of rotatable bonds is 44. The molecule has 6 heteroatoms. The Kier molecular flexibility index (Phi) is 39.0. The fourth-order valence-corrected chi connectivity index (χ4v) is 8.20. The van der Waals surface area contributed by atoms with Crippen LogP contribution in [0.15, 0.2) is 24.3 Å². The van der Waals surface area contributed by atoms with E-state index in [0.29, 0.717) is 25.9 Å². The Balaban J connectivity index is 1.98. The highest BCUT2D eigenvalue weighted by molar-refractivity contribution is 5.80. The van der Waals surface area contributed by atoms with Crippen LogP contribution in [0.4, 0.5) is 0 Å². The summed E-state index contributed by atoms with van der Waals surface area (Å²) in [5.41, 5.74) is 1.83. The summed E-state index contributed by atoms with van der Waals surface area (Å²) in [5.74, 6) is -0.651. The second-order valence-electron chi connectivity index (χ2n) is 17.9. The molecule has 0 radical (unpaired) electrons. The molecule has 0 fully saturated rings. The Morgan fingerprint density at radius 1 is 0.397 bits per heavy atom. The van der Waals surface area contributed by atoms with Crippen molar-refractivity contribution in [1.82, 2.24) is 10.6 Å². The van der Waals surface area contributed by atoms with Gasteiger partial charge in [-0.05, 0) is 24.0 Å². The first-order valence-corrected chi connectivity index (χ1v) is 25.5. The lowest BCUT2D eigenvalue weighted by molar-refractivity contribution is -0.130. The molecule has 0 saturated heterocycles. The molecule has 0 aliphatic heterocycles. The first-order chi connectivity index (χ1) is 28.5. The van der Waals surface area contributed by atoms with Crippen molar-refractivity contribution in [3.05, 3.63) is 35.4 Å². The van der Waals surface area contributed by atoms with Crippen LogP contribution in [0.3, 0.4) is 0 Å². The SMILES string of the molecule is CCCCCCCCCCCCCCCCCCCCC(O)C(=O)NCc1cccc(CNC(=O)C(O)CCCCCCCCCCCCCCCCCCCC)c1. The van der Waals surface area contributed by atoms with Crippen molar-refractivity contribution in [3.8, 4) is 0 Å². The minimum Gasteiger partial charge on any atom is -0.383 e. The molecule has 58 heavy (non-hydrogen) atoms. The smallest absolute Gasteiger partial charge is 0.249 e. The summed E-state index contributed by atoms with van der Waals surface area (Å²) in [6.45, 7) is 5.23. The molecule has 0 aromatic heterocycles. The molecule has 0 aliphatic carbocycles. The van der Waals surface area contributed by atoms with Crippen molar-refractivity contribution in [2.24, 2.45) is 0 Å². The summed E-state index contributed by atoms with van der Waals surface area (Å²) < 4.78 is 0. The minimum atomic E-state index is -0.978. The molecule has 0 aliphatic rings. The maximum Gasteiger partial charge on any atom is 0.249 e. The van der Waals surface area contributed by atoms with Gasteiger partial charge in [0.2, 0.25) is 11.8 Å². The van der Waals surface area contributed by atoms with Crippen LogP contribution in [-0.2, 0) is 22.7 Å². The van der Waals surface area contributed by atoms with Crippen molar-refractivity contribution < 1.29 is 19.8 Å². The molecular formula is C52H96N2O4. The van der Waals surface area contributed by atoms with Crippen LogP contribution in [0.1, 0.15) is 269 Å². The first kappa shape index (κ1) is 54.1. The third kappa shape index (κ3) is 34.9. The third-order valence-corrected chi connectivity index (χ3v) is 12.2. The van der Waals surface area contributed by atoms with Crippen LogP contribution >= 0.6 is 0 Å². The summed E-state index contributed by atoms with van der Waals surface area (Å²) in [7, 11) is 0. The highest BCUT2D eigenvalue weighted by Crippen LogP contribution is 2.17. The zero-order valence-electron chi connectivity index (χ0n) is 38.5. The van der Waals surface area contributed by atoms with E-state index in [-0.39, 0.29) is 11.8 Å². The van der Waals surface area contributed by atoms with Crippen LogP contribution in [0, 0.1) is 0 Å². The van der Waals surface area contributed by atoms with Crippen molar-refractivity contribution in [2.45, 2.75) is 283 Å². The second-order valence-corrected chi connectivity index (χ2v) is 17.9. The van der Waals surface area contributed by atoms with E-state index in [9.17, 15) is 19.8 Å². The fourth-order valence-electron chi connectivity index (χ4n) is 8.20. The van der Waals surface area contributed by atoms with Gasteiger partial charge >= 0.3 is 0 Å². The summed E-state index contributed by atoms with van der Waals surface area (Å²) in [6, 6.07) is 7.73. The average molecular weight is 813 g/mol. The number of hydrogen-bond donors (Lipinski definition) is 4. The van der Waals surface area contributed by atoms with E-state index in [1.807, 2.05) is 24.3 Å². The average Bonchev–Trinajstić information content (AvgIpc) is 3.23. The predicted molar refractivity (Wildman–Crippen MR) is 249 cm³/mol. The van der Waals surface area contributed by atoms with Gasteiger partial charge in [0.25, 0.3) is 0 Å². The molecule has 2 unspecified atom stereocenters. The standard InChI is InChI=1S/C52H96N2O4/c1-3-5-7-9-11-13-15-17-19-21-23-25-27-29-31-33-35-37-42-49(55)51(57)53-45-47-40-39-41-48(44-47)46-54-52(58)50(56)43-38-36-34-32-30-28-26-24-22-20-18-16-14-12-10-8-6-4-2/h39-41,44,49-50,55-56H,3-38,42-43,45-46H2,1-2H3,(H,53,57)(H,54,58). The molecule has 2 amide bonds. The number of hydrogen-bond acceptors (Lipinski definition) is 4. The molecule has 1 rings (SSSR count). The van der Waals surface area contributed by atoms with E-state index in [0.717, 1.165) is 36.8 Å². The van der Waals surface area contributed by atoms with Crippen molar-refractivity contribution >= 4 is 11.8 Å². The van der Waals surface area contributed by atoms with Crippen molar-refractivity contribution in [2.75, 3.05) is 0 Å². The lowest BCUT2D eigenvalue weighted by Crippen LogP contribution is -2.34.